The van der Waals surface area contributed by atoms with Gasteiger partial charge in [-0.2, -0.15) is 8.42 Å². The van der Waals surface area contributed by atoms with Crippen LogP contribution in [0.1, 0.15) is 19.4 Å². The summed E-state index contributed by atoms with van der Waals surface area (Å²) in [5.41, 5.74) is 2.78. The minimum absolute atomic E-state index is 0.102. The molecule has 7 nitrogen and oxygen atoms in total. The number of nitrogens with one attached hydrogen (secondary N) is 1. The summed E-state index contributed by atoms with van der Waals surface area (Å²) >= 11 is 0. The lowest BCUT2D eigenvalue weighted by molar-refractivity contribution is -0.138. The molecule has 0 aliphatic carbocycles. The van der Waals surface area contributed by atoms with Crippen molar-refractivity contribution in [2.24, 2.45) is 4.40 Å². The fraction of sp³-hybridized carbons (Fsp3) is 0.238. The number of hydrogen-bond donors (Lipinski definition) is 1. The second-order valence-corrected chi connectivity index (χ2v) is 8.11. The predicted octanol–water partition coefficient (Wildman–Crippen LogP) is 3.68. The third kappa shape index (κ3) is 6.76. The second kappa shape index (κ2) is 9.88. The summed E-state index contributed by atoms with van der Waals surface area (Å²) in [6.07, 6.45) is 3.00. The molecule has 0 aromatic heterocycles. The summed E-state index contributed by atoms with van der Waals surface area (Å²) in [6.45, 7) is 3.80. The largest absolute Gasteiger partial charge is 0.463 e. The molecule has 2 aromatic rings. The average molecular weight is 416 g/mol. The van der Waals surface area contributed by atoms with Crippen LogP contribution in [0.4, 0.5) is 11.4 Å². The van der Waals surface area contributed by atoms with Crippen molar-refractivity contribution < 1.29 is 17.9 Å². The highest BCUT2D eigenvalue weighted by atomic mass is 32.2. The standard InChI is InChI=1S/C21H25N3O4S/c1-5-28-21(25)16(2)13-17-9-11-18(12-10-17)23-19-7-6-8-20(14-19)29(26,27)22-15-24(3)4/h6-15,23H,5H2,1-4H3/b16-13+,22-15?. The Morgan fingerprint density at radius 3 is 2.45 bits per heavy atom. The minimum Gasteiger partial charge on any atom is -0.463 e. The fourth-order valence-corrected chi connectivity index (χ4v) is 3.30. The third-order valence-corrected chi connectivity index (χ3v) is 4.95. The second-order valence-electron chi connectivity index (χ2n) is 6.48. The molecular weight excluding hydrogens is 390 g/mol. The van der Waals surface area contributed by atoms with Gasteiger partial charge in [0, 0.05) is 31.0 Å². The molecule has 0 radical (unpaired) electrons. The van der Waals surface area contributed by atoms with E-state index in [0.29, 0.717) is 17.9 Å². The highest BCUT2D eigenvalue weighted by Gasteiger charge is 2.12. The number of carbonyl (C=O) groups is 1. The summed E-state index contributed by atoms with van der Waals surface area (Å²) in [7, 11) is -0.370. The molecule has 1 N–H and O–H groups in total. The lowest BCUT2D eigenvalue weighted by Crippen LogP contribution is -2.10. The molecule has 0 atom stereocenters. The maximum Gasteiger partial charge on any atom is 0.333 e. The van der Waals surface area contributed by atoms with E-state index < -0.39 is 10.0 Å². The topological polar surface area (TPSA) is 88.1 Å². The molecule has 0 bridgehead atoms. The molecule has 0 heterocycles. The highest BCUT2D eigenvalue weighted by molar-refractivity contribution is 7.90. The predicted molar refractivity (Wildman–Crippen MR) is 116 cm³/mol. The van der Waals surface area contributed by atoms with Crippen molar-refractivity contribution in [3.63, 3.8) is 0 Å². The first-order valence-electron chi connectivity index (χ1n) is 9.00. The van der Waals surface area contributed by atoms with Gasteiger partial charge in [-0.25, -0.2) is 4.79 Å². The summed E-state index contributed by atoms with van der Waals surface area (Å²) in [5.74, 6) is -0.343. The summed E-state index contributed by atoms with van der Waals surface area (Å²) in [5, 5.41) is 3.17. The van der Waals surface area contributed by atoms with Gasteiger partial charge < -0.3 is 15.0 Å². The van der Waals surface area contributed by atoms with Crippen LogP contribution < -0.4 is 5.32 Å². The number of esters is 1. The molecule has 2 rings (SSSR count). The Kier molecular flexibility index (Phi) is 7.55. The number of hydrogen-bond acceptors (Lipinski definition) is 5. The van der Waals surface area contributed by atoms with Crippen LogP contribution in [-0.2, 0) is 19.6 Å². The number of ether oxygens (including phenoxy) is 1. The van der Waals surface area contributed by atoms with Crippen LogP contribution in [0.5, 0.6) is 0 Å². The van der Waals surface area contributed by atoms with E-state index in [4.69, 9.17) is 4.74 Å². The monoisotopic (exact) mass is 415 g/mol. The van der Waals surface area contributed by atoms with Crippen LogP contribution in [0, 0.1) is 0 Å². The minimum atomic E-state index is -3.77. The maximum atomic E-state index is 12.3. The van der Waals surface area contributed by atoms with Crippen LogP contribution in [-0.4, -0.2) is 46.3 Å². The Bertz CT molecular complexity index is 1010. The van der Waals surface area contributed by atoms with Gasteiger partial charge in [-0.3, -0.25) is 0 Å². The normalized spacial score (nSPS) is 12.1. The van der Waals surface area contributed by atoms with Crippen molar-refractivity contribution in [1.29, 1.82) is 0 Å². The summed E-state index contributed by atoms with van der Waals surface area (Å²) in [4.78, 5) is 13.3. The Morgan fingerprint density at radius 2 is 1.83 bits per heavy atom. The van der Waals surface area contributed by atoms with E-state index in [-0.39, 0.29) is 10.9 Å². The Morgan fingerprint density at radius 1 is 1.14 bits per heavy atom. The average Bonchev–Trinajstić information content (AvgIpc) is 2.68. The molecule has 0 amide bonds. The van der Waals surface area contributed by atoms with Gasteiger partial charge in [-0.05, 0) is 55.8 Å². The molecule has 29 heavy (non-hydrogen) atoms. The van der Waals surface area contributed by atoms with E-state index in [2.05, 4.69) is 9.71 Å². The Labute approximate surface area is 171 Å². The van der Waals surface area contributed by atoms with Crippen molar-refractivity contribution in [1.82, 2.24) is 4.90 Å². The van der Waals surface area contributed by atoms with E-state index in [1.807, 2.05) is 24.3 Å². The smallest absolute Gasteiger partial charge is 0.333 e. The quantitative estimate of drug-likeness (QED) is 0.306. The van der Waals surface area contributed by atoms with Crippen molar-refractivity contribution in [2.45, 2.75) is 18.7 Å². The SMILES string of the molecule is CCOC(=O)/C(C)=C/c1ccc(Nc2cccc(S(=O)(=O)N=CN(C)C)c2)cc1. The first-order chi connectivity index (χ1) is 13.7. The molecule has 0 saturated heterocycles. The van der Waals surface area contributed by atoms with Gasteiger partial charge in [0.05, 0.1) is 11.5 Å². The van der Waals surface area contributed by atoms with Gasteiger partial charge in [0.1, 0.15) is 6.34 Å². The molecule has 2 aromatic carbocycles. The van der Waals surface area contributed by atoms with E-state index in [1.165, 1.54) is 18.5 Å². The van der Waals surface area contributed by atoms with Crippen molar-refractivity contribution in [3.8, 4) is 0 Å². The molecule has 0 spiro atoms. The fourth-order valence-electron chi connectivity index (χ4n) is 2.33. The summed E-state index contributed by atoms with van der Waals surface area (Å²) in [6, 6.07) is 13.8. The first kappa shape index (κ1) is 22.2. The highest BCUT2D eigenvalue weighted by Crippen LogP contribution is 2.22. The summed E-state index contributed by atoms with van der Waals surface area (Å²) < 4.78 is 33.2. The van der Waals surface area contributed by atoms with Crippen LogP contribution in [0.25, 0.3) is 6.08 Å². The Hall–Kier alpha value is -3.13. The molecule has 0 aliphatic rings. The molecule has 0 unspecified atom stereocenters. The molecule has 0 aliphatic heterocycles. The first-order valence-corrected chi connectivity index (χ1v) is 10.4. The van der Waals surface area contributed by atoms with Gasteiger partial charge in [-0.1, -0.05) is 18.2 Å². The van der Waals surface area contributed by atoms with Crippen molar-refractivity contribution in [2.75, 3.05) is 26.0 Å². The van der Waals surface area contributed by atoms with E-state index in [9.17, 15) is 13.2 Å². The van der Waals surface area contributed by atoms with E-state index >= 15 is 0 Å². The number of anilines is 2. The molecule has 0 fully saturated rings. The Balaban J connectivity index is 2.15. The zero-order valence-corrected chi connectivity index (χ0v) is 17.7. The molecule has 8 heteroatoms. The number of nitrogens with zero attached hydrogens (tertiary/aromatic N) is 2. The van der Waals surface area contributed by atoms with Crippen LogP contribution in [0.2, 0.25) is 0 Å². The number of benzene rings is 2. The number of sulfonamides is 1. The van der Waals surface area contributed by atoms with E-state index in [0.717, 1.165) is 11.3 Å². The van der Waals surface area contributed by atoms with Gasteiger partial charge in [0.2, 0.25) is 0 Å². The third-order valence-electron chi connectivity index (χ3n) is 3.73. The van der Waals surface area contributed by atoms with Crippen LogP contribution >= 0.6 is 0 Å². The lowest BCUT2D eigenvalue weighted by Gasteiger charge is -2.09. The number of rotatable bonds is 8. The molecular formula is C21H25N3O4S. The van der Waals surface area contributed by atoms with Crippen molar-refractivity contribution >= 4 is 39.8 Å². The van der Waals surface area contributed by atoms with Gasteiger partial charge >= 0.3 is 5.97 Å². The van der Waals surface area contributed by atoms with Crippen molar-refractivity contribution in [3.05, 3.63) is 59.7 Å². The zero-order chi connectivity index (χ0) is 21.4. The van der Waals surface area contributed by atoms with E-state index in [1.54, 1.807) is 51.1 Å². The molecule has 0 saturated carbocycles. The number of carbonyl (C=O) groups excluding carboxylic acids is 1. The maximum absolute atomic E-state index is 12.3. The zero-order valence-electron chi connectivity index (χ0n) is 16.9. The van der Waals surface area contributed by atoms with Gasteiger partial charge in [0.15, 0.2) is 0 Å². The van der Waals surface area contributed by atoms with Crippen LogP contribution in [0.15, 0.2) is 63.4 Å². The van der Waals surface area contributed by atoms with Gasteiger partial charge in [0.25, 0.3) is 10.0 Å². The van der Waals surface area contributed by atoms with Crippen LogP contribution in [0.3, 0.4) is 0 Å². The molecule has 154 valence electrons. The van der Waals surface area contributed by atoms with Gasteiger partial charge in [-0.15, -0.1) is 4.40 Å². The lowest BCUT2D eigenvalue weighted by atomic mass is 10.1.